The van der Waals surface area contributed by atoms with E-state index in [-0.39, 0.29) is 6.07 Å². The van der Waals surface area contributed by atoms with Crippen molar-refractivity contribution in [2.45, 2.75) is 28.5 Å². The van der Waals surface area contributed by atoms with Gasteiger partial charge in [-0.05, 0) is 17.7 Å². The summed E-state index contributed by atoms with van der Waals surface area (Å²) in [6.45, 7) is 0. The number of carbonyl (C=O) groups is 1. The number of alkyl halides is 12. The van der Waals surface area contributed by atoms with Crippen LogP contribution in [0.25, 0.3) is 0 Å². The van der Waals surface area contributed by atoms with E-state index in [0.717, 1.165) is 7.11 Å². The third-order valence-corrected chi connectivity index (χ3v) is 7.77. The number of esters is 1. The van der Waals surface area contributed by atoms with Crippen LogP contribution in [-0.2, 0) is 60.1 Å². The number of carbonyl (C=O) groups excluding carboxylic acids is 1. The van der Waals surface area contributed by atoms with E-state index in [9.17, 15) is 91.2 Å². The highest BCUT2D eigenvalue weighted by Gasteiger charge is 2.57. The van der Waals surface area contributed by atoms with Crippen molar-refractivity contribution in [3.8, 4) is 11.5 Å². The van der Waals surface area contributed by atoms with E-state index in [2.05, 4.69) is 13.1 Å². The molecule has 0 aliphatic rings. The lowest BCUT2D eigenvalue weighted by Crippen LogP contribution is -2.34. The average Bonchev–Trinajstić information content (AvgIpc) is 2.69. The van der Waals surface area contributed by atoms with Gasteiger partial charge in [-0.2, -0.15) is 86.4 Å². The molecule has 0 aliphatic heterocycles. The quantitative estimate of drug-likeness (QED) is 0.164. The SMILES string of the molecule is COC(=O)Cc1cc(OS(=O)(=O)C(F)(F)F)cc(OS(=O)(=O)C(F)(F)F)c1.O=S(=O)(OS(=O)(=O)C(F)(F)F)C(F)(F)F. The Hall–Kier alpha value is -2.79. The van der Waals surface area contributed by atoms with E-state index in [1.165, 1.54) is 0 Å². The molecule has 0 aliphatic carbocycles. The lowest BCUT2D eigenvalue weighted by atomic mass is 10.1. The molecule has 1 rings (SSSR count). The zero-order chi connectivity index (χ0) is 34.0. The highest BCUT2D eigenvalue weighted by Crippen LogP contribution is 2.34. The maximum atomic E-state index is 12.3. The molecule has 1 aromatic carbocycles. The van der Waals surface area contributed by atoms with Gasteiger partial charge in [0.15, 0.2) is 0 Å². The van der Waals surface area contributed by atoms with Crippen molar-refractivity contribution in [2.75, 3.05) is 7.11 Å². The van der Waals surface area contributed by atoms with Gasteiger partial charge in [-0.3, -0.25) is 4.79 Å². The van der Waals surface area contributed by atoms with E-state index in [1.807, 2.05) is 3.63 Å². The van der Waals surface area contributed by atoms with Gasteiger partial charge in [0.05, 0.1) is 13.5 Å². The van der Waals surface area contributed by atoms with Gasteiger partial charge in [-0.15, -0.1) is 3.63 Å². The molecule has 0 atom stereocenters. The normalized spacial score (nSPS) is 13.9. The number of halogens is 12. The largest absolute Gasteiger partial charge is 0.534 e. The fourth-order valence-electron chi connectivity index (χ4n) is 1.61. The predicted molar refractivity (Wildman–Crippen MR) is 104 cm³/mol. The Morgan fingerprint density at radius 2 is 0.857 bits per heavy atom. The molecular formula is C13H8F12O13S4. The lowest BCUT2D eigenvalue weighted by Gasteiger charge is -2.13. The summed E-state index contributed by atoms with van der Waals surface area (Å²) in [5.41, 5.74) is -24.7. The second-order valence-electron chi connectivity index (χ2n) is 6.40. The van der Waals surface area contributed by atoms with Crippen molar-refractivity contribution in [2.24, 2.45) is 0 Å². The molecular weight excluding hydrogens is 720 g/mol. The third-order valence-electron chi connectivity index (χ3n) is 3.24. The summed E-state index contributed by atoms with van der Waals surface area (Å²) in [5, 5.41) is 0. The molecule has 1 aromatic rings. The van der Waals surface area contributed by atoms with Gasteiger partial charge in [-0.25, -0.2) is 0 Å². The van der Waals surface area contributed by atoms with Gasteiger partial charge >= 0.3 is 68.5 Å². The highest BCUT2D eigenvalue weighted by molar-refractivity contribution is 8.00. The number of rotatable bonds is 8. The molecule has 13 nitrogen and oxygen atoms in total. The number of ether oxygens (including phenoxy) is 1. The maximum Gasteiger partial charge on any atom is 0.534 e. The minimum absolute atomic E-state index is 0.146. The molecule has 0 fully saturated rings. The molecule has 42 heavy (non-hydrogen) atoms. The average molecular weight is 728 g/mol. The lowest BCUT2D eigenvalue weighted by molar-refractivity contribution is -0.139. The molecule has 0 spiro atoms. The maximum absolute atomic E-state index is 12.3. The van der Waals surface area contributed by atoms with E-state index in [1.54, 1.807) is 0 Å². The van der Waals surface area contributed by atoms with Gasteiger partial charge in [0, 0.05) is 6.07 Å². The monoisotopic (exact) mass is 728 g/mol. The van der Waals surface area contributed by atoms with Gasteiger partial charge < -0.3 is 13.1 Å². The minimum Gasteiger partial charge on any atom is -0.469 e. The van der Waals surface area contributed by atoms with Gasteiger partial charge in [0.25, 0.3) is 0 Å². The van der Waals surface area contributed by atoms with Crippen LogP contribution in [0.3, 0.4) is 0 Å². The van der Waals surface area contributed by atoms with Crippen molar-refractivity contribution < 1.29 is 108 Å². The third kappa shape index (κ3) is 10.8. The molecule has 29 heteroatoms. The summed E-state index contributed by atoms with van der Waals surface area (Å²) in [6.07, 6.45) is -0.776. The summed E-state index contributed by atoms with van der Waals surface area (Å²) in [5.74, 6) is -3.53. The standard InChI is InChI=1S/C11H8F6O8S2.C2F6O5S2/c1-23-9(18)4-6-2-7(24-26(19,20)10(12,13)14)5-8(3-6)25-27(21,22)11(15,16)17;3-1(4,5)14(9,10)13-15(11,12)2(6,7)8/h2-3,5H,4H2,1H3;. The van der Waals surface area contributed by atoms with E-state index >= 15 is 0 Å². The van der Waals surface area contributed by atoms with Crippen LogP contribution in [0, 0.1) is 0 Å². The zero-order valence-corrected chi connectivity index (χ0v) is 22.2. The smallest absolute Gasteiger partial charge is 0.469 e. The first-order chi connectivity index (χ1) is 18.2. The van der Waals surface area contributed by atoms with E-state index in [0.29, 0.717) is 12.1 Å². The Balaban J connectivity index is 0.000000951. The minimum atomic E-state index is -6.85. The molecule has 0 N–H and O–H groups in total. The fraction of sp³-hybridized carbons (Fsp3) is 0.462. The van der Waals surface area contributed by atoms with Crippen LogP contribution in [0.2, 0.25) is 0 Å². The van der Waals surface area contributed by atoms with Gasteiger partial charge in [0.2, 0.25) is 0 Å². The van der Waals surface area contributed by atoms with Gasteiger partial charge in [0.1, 0.15) is 11.5 Å². The molecule has 0 saturated carbocycles. The van der Waals surface area contributed by atoms with Crippen molar-refractivity contribution in [3.63, 3.8) is 0 Å². The molecule has 0 bridgehead atoms. The second kappa shape index (κ2) is 12.4. The molecule has 246 valence electrons. The molecule has 0 heterocycles. The van der Waals surface area contributed by atoms with E-state index in [4.69, 9.17) is 0 Å². The second-order valence-corrected chi connectivity index (χ2v) is 12.8. The zero-order valence-electron chi connectivity index (χ0n) is 18.9. The number of hydrogen-bond acceptors (Lipinski definition) is 13. The van der Waals surface area contributed by atoms with Crippen molar-refractivity contribution in [3.05, 3.63) is 23.8 Å². The Morgan fingerprint density at radius 3 is 1.10 bits per heavy atom. The topological polar surface area (TPSA) is 191 Å². The molecule has 0 saturated heterocycles. The van der Waals surface area contributed by atoms with Gasteiger partial charge in [-0.1, -0.05) is 0 Å². The highest BCUT2D eigenvalue weighted by atomic mass is 32.3. The Morgan fingerprint density at radius 1 is 0.571 bits per heavy atom. The Kier molecular flexibility index (Phi) is 11.6. The Bertz CT molecular complexity index is 1460. The summed E-state index contributed by atoms with van der Waals surface area (Å²) < 4.78 is 240. The number of hydrogen-bond donors (Lipinski definition) is 0. The first-order valence-corrected chi connectivity index (χ1v) is 14.4. The molecule has 0 radical (unpaired) electrons. The summed E-state index contributed by atoms with van der Waals surface area (Å²) >= 11 is 0. The first kappa shape index (κ1) is 39.2. The van der Waals surface area contributed by atoms with Crippen molar-refractivity contribution in [1.29, 1.82) is 0 Å². The van der Waals surface area contributed by atoms with Crippen molar-refractivity contribution >= 4 is 46.4 Å². The fourth-order valence-corrected chi connectivity index (χ4v) is 4.06. The molecule has 0 amide bonds. The van der Waals surface area contributed by atoms with Crippen molar-refractivity contribution in [1.82, 2.24) is 0 Å². The van der Waals surface area contributed by atoms with Crippen LogP contribution in [0.15, 0.2) is 18.2 Å². The molecule has 0 aromatic heterocycles. The number of methoxy groups -OCH3 is 1. The van der Waals surface area contributed by atoms with Crippen LogP contribution >= 0.6 is 0 Å². The van der Waals surface area contributed by atoms with Crippen LogP contribution in [0.1, 0.15) is 5.56 Å². The Labute approximate surface area is 225 Å². The summed E-state index contributed by atoms with van der Waals surface area (Å²) in [7, 11) is -25.3. The van der Waals surface area contributed by atoms with Crippen LogP contribution < -0.4 is 8.37 Å². The summed E-state index contributed by atoms with van der Waals surface area (Å²) in [6, 6.07) is 1.22. The predicted octanol–water partition coefficient (Wildman–Crippen LogP) is 2.56. The van der Waals surface area contributed by atoms with Crippen LogP contribution in [-0.4, -0.2) is 68.8 Å². The summed E-state index contributed by atoms with van der Waals surface area (Å²) in [4.78, 5) is 11.2. The van der Waals surface area contributed by atoms with Crippen LogP contribution in [0.4, 0.5) is 52.7 Å². The van der Waals surface area contributed by atoms with Crippen LogP contribution in [0.5, 0.6) is 11.5 Å². The number of benzene rings is 1. The first-order valence-electron chi connectivity index (χ1n) is 8.75. The molecule has 0 unspecified atom stereocenters. The van der Waals surface area contributed by atoms with E-state index < -0.39 is 92.0 Å².